The molecule has 1 saturated heterocycles. The molecule has 14 heteroatoms. The molecule has 0 aliphatic carbocycles. The predicted octanol–water partition coefficient (Wildman–Crippen LogP) is 4.88. The molecule has 0 radical (unpaired) electrons. The molecule has 1 aliphatic rings. The predicted molar refractivity (Wildman–Crippen MR) is 152 cm³/mol. The van der Waals surface area contributed by atoms with E-state index < -0.39 is 33.5 Å². The Bertz CT molecular complexity index is 1540. The van der Waals surface area contributed by atoms with E-state index >= 15 is 0 Å². The highest BCUT2D eigenvalue weighted by Gasteiger charge is 2.22. The summed E-state index contributed by atoms with van der Waals surface area (Å²) >= 11 is 9.30. The Morgan fingerprint density at radius 1 is 1.22 bits per heavy atom. The molecule has 1 aliphatic heterocycles. The topological polar surface area (TPSA) is 133 Å². The van der Waals surface area contributed by atoms with Gasteiger partial charge in [0.15, 0.2) is 9.84 Å². The second-order valence-corrected chi connectivity index (χ2v) is 12.4. The third-order valence-corrected chi connectivity index (χ3v) is 8.00. The highest BCUT2D eigenvalue weighted by molar-refractivity contribution is 9.10. The number of amides is 1. The van der Waals surface area contributed by atoms with E-state index in [-0.39, 0.29) is 44.5 Å². The van der Waals surface area contributed by atoms with Crippen molar-refractivity contribution < 1.29 is 41.7 Å². The summed E-state index contributed by atoms with van der Waals surface area (Å²) in [5.74, 6) is -1.53. The molecule has 3 aromatic carbocycles. The smallest absolute Gasteiger partial charge is 0.290 e. The monoisotopic (exact) mass is 674 g/mol. The molecule has 220 valence electrons. The van der Waals surface area contributed by atoms with Crippen LogP contribution in [0.1, 0.15) is 27.9 Å². The number of anilines is 1. The summed E-state index contributed by atoms with van der Waals surface area (Å²) in [5, 5.41) is 19.2. The lowest BCUT2D eigenvalue weighted by Gasteiger charge is -2.19. The minimum absolute atomic E-state index is 0.0168. The van der Waals surface area contributed by atoms with Crippen molar-refractivity contribution in [2.24, 2.45) is 0 Å². The maximum absolute atomic E-state index is 14.4. The van der Waals surface area contributed by atoms with Crippen LogP contribution in [0.5, 0.6) is 5.75 Å². The molecule has 0 unspecified atom stereocenters. The van der Waals surface area contributed by atoms with Crippen molar-refractivity contribution in [3.8, 4) is 5.75 Å². The van der Waals surface area contributed by atoms with Gasteiger partial charge in [0.25, 0.3) is 12.4 Å². The number of ether oxygens (including phenoxy) is 1. The van der Waals surface area contributed by atoms with Crippen LogP contribution >= 0.6 is 27.5 Å². The van der Waals surface area contributed by atoms with Gasteiger partial charge in [-0.15, -0.1) is 0 Å². The number of sulfone groups is 1. The lowest BCUT2D eigenvalue weighted by molar-refractivity contribution is -0.122. The number of aliphatic hydroxyl groups excluding tert-OH is 1. The molecule has 1 fully saturated rings. The molecule has 4 rings (SSSR count). The van der Waals surface area contributed by atoms with E-state index in [0.29, 0.717) is 37.2 Å². The summed E-state index contributed by atoms with van der Waals surface area (Å²) in [6.07, 6.45) is 1.28. The zero-order valence-electron chi connectivity index (χ0n) is 21.6. The Kier molecular flexibility index (Phi) is 11.2. The van der Waals surface area contributed by atoms with Gasteiger partial charge in [-0.25, -0.2) is 17.2 Å². The fourth-order valence-corrected chi connectivity index (χ4v) is 5.47. The quantitative estimate of drug-likeness (QED) is 0.288. The number of carboxylic acid groups (broad SMARTS) is 1. The molecule has 0 bridgehead atoms. The summed E-state index contributed by atoms with van der Waals surface area (Å²) in [6.45, 7) is 1.28. The first-order chi connectivity index (χ1) is 19.3. The number of β-amino-alcohol motifs (C(OH)–C–C–N with tert-alkyl or cyclic N) is 1. The van der Waals surface area contributed by atoms with Gasteiger partial charge in [0.1, 0.15) is 24.0 Å². The van der Waals surface area contributed by atoms with E-state index in [1.807, 2.05) is 4.90 Å². The molecule has 1 heterocycles. The van der Waals surface area contributed by atoms with Crippen molar-refractivity contribution in [1.82, 2.24) is 4.90 Å². The standard InChI is InChI=1S/C26H24BrClF2N2O5S.CH2O2/c1-38(35,36)20-2-3-21(23(28)10-20)26(34)31-18-7-15(6-17(29)9-18)14-37-25-11-24(30)22(27)8-16(25)12-32-5-4-19(33)13-32;2-1-3/h2-3,6-11,19,33H,4-5,12-14H2,1H3,(H,31,34);1H,(H,2,3)/t19-;/m0./s1. The number of nitrogens with zero attached hydrogens (tertiary/aromatic N) is 1. The third-order valence-electron chi connectivity index (χ3n) is 5.97. The molecule has 0 aromatic heterocycles. The molecule has 1 atom stereocenters. The van der Waals surface area contributed by atoms with Crippen molar-refractivity contribution in [3.05, 3.63) is 86.4 Å². The number of halogens is 4. The number of carbonyl (C=O) groups excluding carboxylic acids is 1. The molecule has 0 spiro atoms. The Hall–Kier alpha value is -3.10. The van der Waals surface area contributed by atoms with Crippen LogP contribution in [0.15, 0.2) is 57.9 Å². The number of benzene rings is 3. The van der Waals surface area contributed by atoms with E-state index in [9.17, 15) is 27.1 Å². The van der Waals surface area contributed by atoms with E-state index in [2.05, 4.69) is 21.2 Å². The fraction of sp³-hybridized carbons (Fsp3) is 0.259. The average Bonchev–Trinajstić information content (AvgIpc) is 3.29. The number of rotatable bonds is 8. The summed E-state index contributed by atoms with van der Waals surface area (Å²) in [5.41, 5.74) is 1.22. The van der Waals surface area contributed by atoms with Crippen molar-refractivity contribution in [3.63, 3.8) is 0 Å². The van der Waals surface area contributed by atoms with Crippen molar-refractivity contribution in [2.45, 2.75) is 30.6 Å². The van der Waals surface area contributed by atoms with Gasteiger partial charge in [0.2, 0.25) is 0 Å². The zero-order chi connectivity index (χ0) is 30.3. The van der Waals surface area contributed by atoms with Crippen molar-refractivity contribution >= 4 is 55.4 Å². The van der Waals surface area contributed by atoms with Gasteiger partial charge in [-0.05, 0) is 70.4 Å². The van der Waals surface area contributed by atoms with Gasteiger partial charge in [-0.3, -0.25) is 14.5 Å². The molecule has 1 amide bonds. The number of carbonyl (C=O) groups is 2. The highest BCUT2D eigenvalue weighted by Crippen LogP contribution is 2.30. The number of aliphatic hydroxyl groups is 1. The first-order valence-electron chi connectivity index (χ1n) is 12.0. The van der Waals surface area contributed by atoms with Crippen molar-refractivity contribution in [1.29, 1.82) is 0 Å². The lowest BCUT2D eigenvalue weighted by Crippen LogP contribution is -2.22. The Morgan fingerprint density at radius 2 is 1.93 bits per heavy atom. The van der Waals surface area contributed by atoms with E-state index in [4.69, 9.17) is 26.2 Å². The summed E-state index contributed by atoms with van der Waals surface area (Å²) < 4.78 is 58.2. The molecule has 3 aromatic rings. The summed E-state index contributed by atoms with van der Waals surface area (Å²) in [6, 6.07) is 10.4. The zero-order valence-corrected chi connectivity index (χ0v) is 24.8. The maximum atomic E-state index is 14.4. The Morgan fingerprint density at radius 3 is 2.54 bits per heavy atom. The second kappa shape index (κ2) is 14.2. The van der Waals surface area contributed by atoms with Gasteiger partial charge in [0, 0.05) is 43.2 Å². The first kappa shape index (κ1) is 32.4. The van der Waals surface area contributed by atoms with Gasteiger partial charge in [-0.1, -0.05) is 11.6 Å². The SMILES string of the molecule is CS(=O)(=O)c1ccc(C(=O)Nc2cc(F)cc(COc3cc(F)c(Br)cc3CN3CC[C@H](O)C3)c2)c(Cl)c1.O=CO. The summed E-state index contributed by atoms with van der Waals surface area (Å²) in [4.78, 5) is 23.1. The fourth-order valence-electron chi connectivity index (χ4n) is 4.10. The van der Waals surface area contributed by atoms with Gasteiger partial charge < -0.3 is 20.3 Å². The van der Waals surface area contributed by atoms with Crippen molar-refractivity contribution in [2.75, 3.05) is 24.7 Å². The van der Waals surface area contributed by atoms with Gasteiger partial charge in [0.05, 0.1) is 26.1 Å². The minimum atomic E-state index is -3.50. The van der Waals surface area contributed by atoms with Crippen LogP contribution in [-0.2, 0) is 27.8 Å². The number of hydrogen-bond acceptors (Lipinski definition) is 7. The van der Waals surface area contributed by atoms with Gasteiger partial charge in [-0.2, -0.15) is 0 Å². The van der Waals surface area contributed by atoms with E-state index in [0.717, 1.165) is 12.3 Å². The third kappa shape index (κ3) is 9.20. The largest absolute Gasteiger partial charge is 0.488 e. The summed E-state index contributed by atoms with van der Waals surface area (Å²) in [7, 11) is -3.50. The molecule has 0 saturated carbocycles. The van der Waals surface area contributed by atoms with Crippen LogP contribution in [0.25, 0.3) is 0 Å². The molecule has 9 nitrogen and oxygen atoms in total. The van der Waals surface area contributed by atoms with Crippen LogP contribution in [0.4, 0.5) is 14.5 Å². The number of hydrogen-bond donors (Lipinski definition) is 3. The van der Waals surface area contributed by atoms with E-state index in [1.165, 1.54) is 36.4 Å². The first-order valence-corrected chi connectivity index (χ1v) is 15.1. The van der Waals surface area contributed by atoms with E-state index in [1.54, 1.807) is 6.07 Å². The minimum Gasteiger partial charge on any atom is -0.488 e. The normalized spacial score (nSPS) is 15.1. The lowest BCUT2D eigenvalue weighted by atomic mass is 10.1. The Balaban J connectivity index is 0.00000147. The maximum Gasteiger partial charge on any atom is 0.290 e. The number of likely N-dealkylation sites (tertiary alicyclic amines) is 1. The highest BCUT2D eigenvalue weighted by atomic mass is 79.9. The molecule has 3 N–H and O–H groups in total. The van der Waals surface area contributed by atoms with Crippen LogP contribution < -0.4 is 10.1 Å². The molecular formula is C27H26BrClF2N2O7S. The Labute approximate surface area is 248 Å². The number of nitrogens with one attached hydrogen (secondary N) is 1. The van der Waals surface area contributed by atoms with Gasteiger partial charge >= 0.3 is 0 Å². The van der Waals surface area contributed by atoms with Crippen LogP contribution in [-0.4, -0.2) is 61.4 Å². The molecule has 41 heavy (non-hydrogen) atoms. The van der Waals surface area contributed by atoms with Crippen LogP contribution in [0, 0.1) is 11.6 Å². The second-order valence-electron chi connectivity index (χ2n) is 9.16. The molecular weight excluding hydrogens is 650 g/mol. The van der Waals surface area contributed by atoms with Crippen LogP contribution in [0.3, 0.4) is 0 Å². The van der Waals surface area contributed by atoms with Crippen LogP contribution in [0.2, 0.25) is 5.02 Å². The average molecular weight is 676 g/mol.